The second kappa shape index (κ2) is 8.86. The van der Waals surface area contributed by atoms with Gasteiger partial charge < -0.3 is 20.9 Å². The van der Waals surface area contributed by atoms with Gasteiger partial charge in [0.05, 0.1) is 0 Å². The summed E-state index contributed by atoms with van der Waals surface area (Å²) in [6, 6.07) is 5.87. The molecule has 1 fully saturated rings. The molecule has 1 aromatic heterocycles. The molecule has 7 nitrogen and oxygen atoms in total. The largest absolute Gasteiger partial charge is 0.362 e. The summed E-state index contributed by atoms with van der Waals surface area (Å²) in [5, 5.41) is 9.13. The number of carbonyl (C=O) groups excluding carboxylic acids is 1. The Hall–Kier alpha value is -2.90. The summed E-state index contributed by atoms with van der Waals surface area (Å²) in [6.45, 7) is 1.99. The Morgan fingerprint density at radius 3 is 2.39 bits per heavy atom. The molecule has 0 bridgehead atoms. The van der Waals surface area contributed by atoms with Gasteiger partial charge in [0.2, 0.25) is 5.95 Å². The van der Waals surface area contributed by atoms with E-state index in [2.05, 4.69) is 25.9 Å². The van der Waals surface area contributed by atoms with E-state index < -0.39 is 0 Å². The quantitative estimate of drug-likeness (QED) is 0.732. The van der Waals surface area contributed by atoms with Crippen molar-refractivity contribution in [3.63, 3.8) is 0 Å². The molecule has 0 atom stereocenters. The predicted octanol–water partition coefficient (Wildman–Crippen LogP) is 3.53. The van der Waals surface area contributed by atoms with Gasteiger partial charge in [0, 0.05) is 43.6 Å². The molecule has 1 heterocycles. The zero-order valence-electron chi connectivity index (χ0n) is 16.5. The van der Waals surface area contributed by atoms with Crippen molar-refractivity contribution in [3.05, 3.63) is 41.8 Å². The molecule has 28 heavy (non-hydrogen) atoms. The third-order valence-electron chi connectivity index (χ3n) is 4.87. The number of nitrogens with zero attached hydrogens (tertiary/aromatic N) is 3. The predicted molar refractivity (Wildman–Crippen MR) is 109 cm³/mol. The minimum atomic E-state index is -0.327. The number of urea groups is 1. The van der Waals surface area contributed by atoms with Crippen molar-refractivity contribution in [2.75, 3.05) is 29.6 Å². The normalized spacial score (nSPS) is 19.0. The van der Waals surface area contributed by atoms with Gasteiger partial charge >= 0.3 is 6.03 Å². The molecule has 1 aromatic carbocycles. The molecule has 0 saturated heterocycles. The highest BCUT2D eigenvalue weighted by atomic mass is 19.1. The molecule has 3 N–H and O–H groups in total. The van der Waals surface area contributed by atoms with Gasteiger partial charge in [-0.3, -0.25) is 0 Å². The van der Waals surface area contributed by atoms with E-state index in [0.29, 0.717) is 11.6 Å². The lowest BCUT2D eigenvalue weighted by atomic mass is 9.91. The Balaban J connectivity index is 1.46. The van der Waals surface area contributed by atoms with Crippen molar-refractivity contribution in [1.29, 1.82) is 0 Å². The Morgan fingerprint density at radius 1 is 1.11 bits per heavy atom. The molecule has 1 saturated carbocycles. The van der Waals surface area contributed by atoms with Crippen molar-refractivity contribution in [1.82, 2.24) is 15.3 Å². The molecule has 2 aromatic rings. The van der Waals surface area contributed by atoms with E-state index in [-0.39, 0.29) is 23.9 Å². The fourth-order valence-electron chi connectivity index (χ4n) is 3.41. The molecular weight excluding hydrogens is 359 g/mol. The summed E-state index contributed by atoms with van der Waals surface area (Å²) in [5.74, 6) is 1.22. The van der Waals surface area contributed by atoms with Gasteiger partial charge in [-0.15, -0.1) is 0 Å². The zero-order chi connectivity index (χ0) is 20.1. The average molecular weight is 386 g/mol. The van der Waals surface area contributed by atoms with Crippen LogP contribution in [0, 0.1) is 12.7 Å². The van der Waals surface area contributed by atoms with Gasteiger partial charge in [0.15, 0.2) is 0 Å². The van der Waals surface area contributed by atoms with Crippen LogP contribution in [-0.4, -0.2) is 42.2 Å². The summed E-state index contributed by atoms with van der Waals surface area (Å²) in [7, 11) is 3.93. The molecule has 2 amide bonds. The Labute approximate surface area is 164 Å². The fraction of sp³-hybridized carbons (Fsp3) is 0.450. The summed E-state index contributed by atoms with van der Waals surface area (Å²) in [5.41, 5.74) is 1.61. The highest BCUT2D eigenvalue weighted by molar-refractivity contribution is 5.89. The molecule has 0 unspecified atom stereocenters. The first-order valence-corrected chi connectivity index (χ1v) is 9.51. The number of benzene rings is 1. The third-order valence-corrected chi connectivity index (χ3v) is 4.87. The highest BCUT2D eigenvalue weighted by Crippen LogP contribution is 2.23. The van der Waals surface area contributed by atoms with E-state index in [0.717, 1.165) is 37.1 Å². The van der Waals surface area contributed by atoms with Gasteiger partial charge in [-0.05, 0) is 56.9 Å². The van der Waals surface area contributed by atoms with Crippen molar-refractivity contribution in [3.8, 4) is 0 Å². The molecule has 1 aliphatic carbocycles. The molecule has 8 heteroatoms. The van der Waals surface area contributed by atoms with Crippen molar-refractivity contribution < 1.29 is 9.18 Å². The van der Waals surface area contributed by atoms with Crippen LogP contribution in [0.15, 0.2) is 30.5 Å². The molecule has 0 aliphatic heterocycles. The third kappa shape index (κ3) is 5.31. The van der Waals surface area contributed by atoms with E-state index in [1.807, 2.05) is 32.1 Å². The molecule has 0 spiro atoms. The number of hydrogen-bond acceptors (Lipinski definition) is 5. The van der Waals surface area contributed by atoms with Gasteiger partial charge in [0.1, 0.15) is 11.6 Å². The second-order valence-electron chi connectivity index (χ2n) is 7.39. The number of amides is 2. The van der Waals surface area contributed by atoms with Crippen LogP contribution < -0.4 is 20.9 Å². The first-order chi connectivity index (χ1) is 13.4. The summed E-state index contributed by atoms with van der Waals surface area (Å²) in [6.07, 6.45) is 5.44. The molecule has 0 radical (unpaired) electrons. The standard InChI is InChI=1S/C20H27FN6O/c1-13-12-22-19(26-18(13)27(2)3)23-15-8-10-17(11-9-15)25-20(28)24-16-6-4-14(21)5-7-16/h4-7,12,15,17H,8-11H2,1-3H3,(H,22,23,26)(H2,24,25,28). The number of carbonyl (C=O) groups is 1. The van der Waals surface area contributed by atoms with Crippen LogP contribution in [0.3, 0.4) is 0 Å². The van der Waals surface area contributed by atoms with Crippen LogP contribution in [0.1, 0.15) is 31.2 Å². The highest BCUT2D eigenvalue weighted by Gasteiger charge is 2.23. The Bertz CT molecular complexity index is 803. The monoisotopic (exact) mass is 386 g/mol. The van der Waals surface area contributed by atoms with Gasteiger partial charge in [-0.25, -0.2) is 14.2 Å². The van der Waals surface area contributed by atoms with E-state index in [4.69, 9.17) is 0 Å². The topological polar surface area (TPSA) is 82.2 Å². The summed E-state index contributed by atoms with van der Waals surface area (Å²) in [4.78, 5) is 23.1. The van der Waals surface area contributed by atoms with Crippen molar-refractivity contribution >= 4 is 23.5 Å². The maximum absolute atomic E-state index is 12.9. The number of halogens is 1. The van der Waals surface area contributed by atoms with Crippen LogP contribution >= 0.6 is 0 Å². The van der Waals surface area contributed by atoms with Crippen LogP contribution in [0.2, 0.25) is 0 Å². The average Bonchev–Trinajstić information content (AvgIpc) is 2.66. The van der Waals surface area contributed by atoms with Gasteiger partial charge in [-0.1, -0.05) is 0 Å². The zero-order valence-corrected chi connectivity index (χ0v) is 16.5. The van der Waals surface area contributed by atoms with E-state index in [1.165, 1.54) is 12.1 Å². The fourth-order valence-corrected chi connectivity index (χ4v) is 3.41. The first-order valence-electron chi connectivity index (χ1n) is 9.51. The lowest BCUT2D eigenvalue weighted by Crippen LogP contribution is -2.42. The minimum absolute atomic E-state index is 0.120. The van der Waals surface area contributed by atoms with E-state index in [9.17, 15) is 9.18 Å². The summed E-state index contributed by atoms with van der Waals surface area (Å²) < 4.78 is 12.9. The first kappa shape index (κ1) is 19.9. The van der Waals surface area contributed by atoms with Crippen LogP contribution in [0.25, 0.3) is 0 Å². The number of hydrogen-bond donors (Lipinski definition) is 3. The van der Waals surface area contributed by atoms with E-state index >= 15 is 0 Å². The SMILES string of the molecule is Cc1cnc(NC2CCC(NC(=O)Nc3ccc(F)cc3)CC2)nc1N(C)C. The number of aryl methyl sites for hydroxylation is 1. The lowest BCUT2D eigenvalue weighted by molar-refractivity contribution is 0.243. The summed E-state index contributed by atoms with van der Waals surface area (Å²) >= 11 is 0. The van der Waals surface area contributed by atoms with Crippen molar-refractivity contribution in [2.45, 2.75) is 44.7 Å². The minimum Gasteiger partial charge on any atom is -0.362 e. The van der Waals surface area contributed by atoms with Gasteiger partial charge in [-0.2, -0.15) is 4.98 Å². The van der Waals surface area contributed by atoms with Crippen LogP contribution in [0.5, 0.6) is 0 Å². The van der Waals surface area contributed by atoms with Crippen LogP contribution in [0.4, 0.5) is 26.6 Å². The lowest BCUT2D eigenvalue weighted by Gasteiger charge is -2.30. The molecule has 1 aliphatic rings. The number of aromatic nitrogens is 2. The molecular formula is C20H27FN6O. The Kier molecular flexibility index (Phi) is 6.28. The maximum Gasteiger partial charge on any atom is 0.319 e. The maximum atomic E-state index is 12.9. The number of nitrogens with one attached hydrogen (secondary N) is 3. The van der Waals surface area contributed by atoms with Gasteiger partial charge in [0.25, 0.3) is 0 Å². The Morgan fingerprint density at radius 2 is 1.75 bits per heavy atom. The molecule has 3 rings (SSSR count). The second-order valence-corrected chi connectivity index (χ2v) is 7.39. The number of anilines is 3. The van der Waals surface area contributed by atoms with Crippen LogP contribution in [-0.2, 0) is 0 Å². The van der Waals surface area contributed by atoms with Crippen molar-refractivity contribution in [2.24, 2.45) is 0 Å². The molecule has 150 valence electrons. The smallest absolute Gasteiger partial charge is 0.319 e. The van der Waals surface area contributed by atoms with E-state index in [1.54, 1.807) is 12.1 Å². The number of rotatable bonds is 5.